The third-order valence-electron chi connectivity index (χ3n) is 1.63. The van der Waals surface area contributed by atoms with E-state index >= 15 is 0 Å². The Hall–Kier alpha value is -1.30. The van der Waals surface area contributed by atoms with E-state index in [9.17, 15) is 9.59 Å². The summed E-state index contributed by atoms with van der Waals surface area (Å²) in [6.07, 6.45) is 3.70. The van der Waals surface area contributed by atoms with Crippen molar-refractivity contribution in [3.05, 3.63) is 12.2 Å². The van der Waals surface area contributed by atoms with Crippen molar-refractivity contribution in [1.82, 2.24) is 10.3 Å². The predicted molar refractivity (Wildman–Crippen MR) is 60.0 cm³/mol. The van der Waals surface area contributed by atoms with Crippen LogP contribution in [0.3, 0.4) is 0 Å². The van der Waals surface area contributed by atoms with E-state index in [0.717, 1.165) is 0 Å². The zero-order chi connectivity index (χ0) is 11.4. The SMILES string of the molecule is C/C=C/[C@@H]1SC(NC(C)=O)=NN1C(C)=O. The van der Waals surface area contributed by atoms with Crippen LogP contribution in [0.15, 0.2) is 17.3 Å². The smallest absolute Gasteiger partial charge is 0.241 e. The molecular weight excluding hydrogens is 214 g/mol. The van der Waals surface area contributed by atoms with Gasteiger partial charge in [-0.15, -0.1) is 5.10 Å². The third-order valence-corrected chi connectivity index (χ3v) is 2.64. The lowest BCUT2D eigenvalue weighted by Crippen LogP contribution is -2.27. The fraction of sp³-hybridized carbons (Fsp3) is 0.444. The van der Waals surface area contributed by atoms with E-state index in [1.807, 2.05) is 19.1 Å². The first-order valence-corrected chi connectivity index (χ1v) is 5.38. The van der Waals surface area contributed by atoms with Crippen molar-refractivity contribution in [2.24, 2.45) is 5.10 Å². The third kappa shape index (κ3) is 3.09. The molecule has 6 heteroatoms. The van der Waals surface area contributed by atoms with Crippen LogP contribution >= 0.6 is 11.8 Å². The monoisotopic (exact) mass is 227 g/mol. The van der Waals surface area contributed by atoms with Gasteiger partial charge in [0.1, 0.15) is 5.37 Å². The van der Waals surface area contributed by atoms with Gasteiger partial charge >= 0.3 is 0 Å². The molecule has 1 aliphatic heterocycles. The first-order chi connectivity index (χ1) is 7.04. The van der Waals surface area contributed by atoms with Crippen LogP contribution in [0.2, 0.25) is 0 Å². The van der Waals surface area contributed by atoms with Gasteiger partial charge in [-0.3, -0.25) is 9.59 Å². The molecule has 82 valence electrons. The van der Waals surface area contributed by atoms with E-state index in [0.29, 0.717) is 5.17 Å². The summed E-state index contributed by atoms with van der Waals surface area (Å²) in [5.41, 5.74) is 0. The van der Waals surface area contributed by atoms with Gasteiger partial charge in [0.25, 0.3) is 0 Å². The lowest BCUT2D eigenvalue weighted by Gasteiger charge is -2.14. The number of hydrogen-bond donors (Lipinski definition) is 1. The first kappa shape index (κ1) is 11.8. The first-order valence-electron chi connectivity index (χ1n) is 4.50. The van der Waals surface area contributed by atoms with E-state index in [1.165, 1.54) is 30.6 Å². The van der Waals surface area contributed by atoms with E-state index in [-0.39, 0.29) is 17.2 Å². The zero-order valence-corrected chi connectivity index (χ0v) is 9.67. The number of nitrogens with one attached hydrogen (secondary N) is 1. The second kappa shape index (κ2) is 4.97. The number of allylic oxidation sites excluding steroid dienone is 1. The highest BCUT2D eigenvalue weighted by Crippen LogP contribution is 2.25. The lowest BCUT2D eigenvalue weighted by molar-refractivity contribution is -0.128. The minimum atomic E-state index is -0.189. The van der Waals surface area contributed by atoms with Gasteiger partial charge in [0.2, 0.25) is 11.8 Å². The van der Waals surface area contributed by atoms with Gasteiger partial charge in [0, 0.05) is 13.8 Å². The summed E-state index contributed by atoms with van der Waals surface area (Å²) in [6.45, 7) is 4.72. The summed E-state index contributed by atoms with van der Waals surface area (Å²) in [5, 5.41) is 8.21. The highest BCUT2D eigenvalue weighted by atomic mass is 32.2. The molecular formula is C9H13N3O2S. The number of amides is 2. The minimum Gasteiger partial charge on any atom is -0.304 e. The van der Waals surface area contributed by atoms with Crippen molar-refractivity contribution in [2.45, 2.75) is 26.1 Å². The van der Waals surface area contributed by atoms with Crippen LogP contribution in [-0.4, -0.2) is 27.4 Å². The number of carbonyl (C=O) groups excluding carboxylic acids is 2. The number of thioether (sulfide) groups is 1. The molecule has 1 N–H and O–H groups in total. The van der Waals surface area contributed by atoms with Crippen LogP contribution < -0.4 is 5.32 Å². The Labute approximate surface area is 92.6 Å². The molecule has 0 spiro atoms. The molecule has 1 rings (SSSR count). The molecule has 0 aromatic carbocycles. The number of hydrogen-bond acceptors (Lipinski definition) is 4. The number of carbonyl (C=O) groups is 2. The van der Waals surface area contributed by atoms with Gasteiger partial charge in [-0.2, -0.15) is 0 Å². The fourth-order valence-electron chi connectivity index (χ4n) is 1.08. The number of rotatable bonds is 1. The molecule has 0 aromatic rings. The van der Waals surface area contributed by atoms with Crippen LogP contribution in [0.25, 0.3) is 0 Å². The Balaban J connectivity index is 2.76. The van der Waals surface area contributed by atoms with Gasteiger partial charge in [0.15, 0.2) is 5.17 Å². The molecule has 1 aliphatic rings. The summed E-state index contributed by atoms with van der Waals surface area (Å²) in [4.78, 5) is 22.0. The quantitative estimate of drug-likeness (QED) is 0.677. The Bertz CT molecular complexity index is 338. The van der Waals surface area contributed by atoms with Crippen molar-refractivity contribution in [3.63, 3.8) is 0 Å². The summed E-state index contributed by atoms with van der Waals surface area (Å²) in [7, 11) is 0. The molecule has 0 saturated heterocycles. The molecule has 0 radical (unpaired) electrons. The van der Waals surface area contributed by atoms with Gasteiger partial charge in [0.05, 0.1) is 0 Å². The molecule has 2 amide bonds. The summed E-state index contributed by atoms with van der Waals surface area (Å²) >= 11 is 1.34. The maximum Gasteiger partial charge on any atom is 0.241 e. The van der Waals surface area contributed by atoms with Crippen molar-refractivity contribution in [1.29, 1.82) is 0 Å². The minimum absolute atomic E-state index is 0.147. The molecule has 1 heterocycles. The molecule has 0 fully saturated rings. The topological polar surface area (TPSA) is 61.8 Å². The normalized spacial score (nSPS) is 20.6. The lowest BCUT2D eigenvalue weighted by atomic mass is 10.5. The van der Waals surface area contributed by atoms with Gasteiger partial charge in [-0.25, -0.2) is 5.01 Å². The molecule has 0 bridgehead atoms. The van der Waals surface area contributed by atoms with Gasteiger partial charge in [-0.1, -0.05) is 23.9 Å². The molecule has 0 aliphatic carbocycles. The highest BCUT2D eigenvalue weighted by molar-refractivity contribution is 8.14. The van der Waals surface area contributed by atoms with Crippen molar-refractivity contribution >= 4 is 28.7 Å². The molecule has 15 heavy (non-hydrogen) atoms. The molecule has 0 unspecified atom stereocenters. The van der Waals surface area contributed by atoms with Crippen molar-refractivity contribution in [2.75, 3.05) is 0 Å². The predicted octanol–water partition coefficient (Wildman–Crippen LogP) is 0.891. The van der Waals surface area contributed by atoms with E-state index in [1.54, 1.807) is 0 Å². The van der Waals surface area contributed by atoms with Crippen LogP contribution in [0, 0.1) is 0 Å². The average molecular weight is 227 g/mol. The maximum absolute atomic E-state index is 11.2. The van der Waals surface area contributed by atoms with E-state index < -0.39 is 0 Å². The average Bonchev–Trinajstić information content (AvgIpc) is 2.47. The van der Waals surface area contributed by atoms with Gasteiger partial charge < -0.3 is 5.32 Å². The largest absolute Gasteiger partial charge is 0.304 e. The molecule has 0 saturated carbocycles. The van der Waals surface area contributed by atoms with Crippen LogP contribution in [0.5, 0.6) is 0 Å². The summed E-state index contributed by atoms with van der Waals surface area (Å²) in [6, 6.07) is 0. The maximum atomic E-state index is 11.2. The fourth-order valence-corrected chi connectivity index (χ4v) is 2.18. The Kier molecular flexibility index (Phi) is 3.90. The standard InChI is InChI=1S/C9H13N3O2S/c1-4-5-8-12(7(3)14)11-9(15-8)10-6(2)13/h4-5,8H,1-3H3,(H,10,11,13)/b5-4+/t8-/m0/s1. The number of hydrazone groups is 1. The zero-order valence-electron chi connectivity index (χ0n) is 8.85. The molecule has 1 atom stereocenters. The Morgan fingerprint density at radius 2 is 2.20 bits per heavy atom. The second-order valence-electron chi connectivity index (χ2n) is 2.98. The van der Waals surface area contributed by atoms with Gasteiger partial charge in [-0.05, 0) is 6.92 Å². The van der Waals surface area contributed by atoms with Crippen LogP contribution in [-0.2, 0) is 9.59 Å². The van der Waals surface area contributed by atoms with Crippen molar-refractivity contribution < 1.29 is 9.59 Å². The van der Waals surface area contributed by atoms with Crippen LogP contribution in [0.4, 0.5) is 0 Å². The van der Waals surface area contributed by atoms with E-state index in [4.69, 9.17) is 0 Å². The van der Waals surface area contributed by atoms with Crippen molar-refractivity contribution in [3.8, 4) is 0 Å². The molecule has 5 nitrogen and oxygen atoms in total. The Morgan fingerprint density at radius 1 is 1.53 bits per heavy atom. The van der Waals surface area contributed by atoms with E-state index in [2.05, 4.69) is 10.4 Å². The van der Waals surface area contributed by atoms with Crippen LogP contribution in [0.1, 0.15) is 20.8 Å². The Morgan fingerprint density at radius 3 is 2.67 bits per heavy atom. The highest BCUT2D eigenvalue weighted by Gasteiger charge is 2.28. The number of nitrogens with zero attached hydrogens (tertiary/aromatic N) is 2. The molecule has 0 aromatic heterocycles. The summed E-state index contributed by atoms with van der Waals surface area (Å²) < 4.78 is 0. The second-order valence-corrected chi connectivity index (χ2v) is 4.09. The number of amidine groups is 1. The summed E-state index contributed by atoms with van der Waals surface area (Å²) in [5.74, 6) is -0.336.